The Balaban J connectivity index is 5.13. The number of rotatable bonds is 9. The first-order chi connectivity index (χ1) is 11.2. The second-order valence-electron chi connectivity index (χ2n) is 5.29. The minimum absolute atomic E-state index is 0.202. The van der Waals surface area contributed by atoms with Gasteiger partial charge in [0.1, 0.15) is 17.8 Å². The molecule has 1 amide bonds. The molecule has 0 aliphatic rings. The van der Waals surface area contributed by atoms with Crippen molar-refractivity contribution in [2.45, 2.75) is 46.3 Å². The molecule has 4 N–H and O–H groups in total. The van der Waals surface area contributed by atoms with E-state index in [2.05, 4.69) is 16.6 Å². The van der Waals surface area contributed by atoms with Crippen LogP contribution in [0.4, 0.5) is 4.39 Å². The van der Waals surface area contributed by atoms with Crippen LogP contribution in [0.2, 0.25) is 0 Å². The standard InChI is InChI=1S/C17H28FN5O/c1-6-23(17(24)12(2)8-9-13(3)18)14(4)16(20)22-15(5)21-11-7-10-19/h7-8,10-11,13-14H,5-6,9,19H2,1-4H3,(H2,20,22)/b10-7-,12-8+,21-11-. The van der Waals surface area contributed by atoms with Gasteiger partial charge in [-0.2, -0.15) is 0 Å². The first kappa shape index (κ1) is 21.6. The fourth-order valence-electron chi connectivity index (χ4n) is 1.86. The molecule has 7 heteroatoms. The molecule has 0 aliphatic heterocycles. The molecule has 0 heterocycles. The largest absolute Gasteiger partial charge is 0.405 e. The van der Waals surface area contributed by atoms with Crippen LogP contribution in [-0.4, -0.2) is 41.6 Å². The van der Waals surface area contributed by atoms with Gasteiger partial charge in [0.25, 0.3) is 0 Å². The van der Waals surface area contributed by atoms with E-state index in [1.165, 1.54) is 25.4 Å². The van der Waals surface area contributed by atoms with Gasteiger partial charge in [0, 0.05) is 18.3 Å². The van der Waals surface area contributed by atoms with E-state index in [1.54, 1.807) is 24.8 Å². The minimum atomic E-state index is -0.990. The quantitative estimate of drug-likeness (QED) is 0.384. The van der Waals surface area contributed by atoms with Crippen LogP contribution < -0.4 is 11.5 Å². The van der Waals surface area contributed by atoms with Crippen LogP contribution in [0.1, 0.15) is 34.1 Å². The maximum Gasteiger partial charge on any atom is 0.249 e. The molecule has 0 radical (unpaired) electrons. The van der Waals surface area contributed by atoms with Crippen molar-refractivity contribution in [3.63, 3.8) is 0 Å². The molecule has 0 aromatic rings. The lowest BCUT2D eigenvalue weighted by molar-refractivity contribution is -0.127. The average Bonchev–Trinajstić information content (AvgIpc) is 2.52. The molecular formula is C17H28FN5O. The Morgan fingerprint density at radius 1 is 1.42 bits per heavy atom. The summed E-state index contributed by atoms with van der Waals surface area (Å²) in [6.07, 6.45) is 5.11. The topological polar surface area (TPSA) is 97.1 Å². The van der Waals surface area contributed by atoms with Gasteiger partial charge < -0.3 is 16.4 Å². The molecule has 6 nitrogen and oxygen atoms in total. The Labute approximate surface area is 143 Å². The molecule has 0 spiro atoms. The predicted molar refractivity (Wildman–Crippen MR) is 98.4 cm³/mol. The zero-order chi connectivity index (χ0) is 18.7. The first-order valence-electron chi connectivity index (χ1n) is 7.80. The predicted octanol–water partition coefficient (Wildman–Crippen LogP) is 2.29. The van der Waals surface area contributed by atoms with Crippen LogP contribution in [0.5, 0.6) is 0 Å². The molecule has 0 aliphatic carbocycles. The van der Waals surface area contributed by atoms with Crippen LogP contribution in [0, 0.1) is 0 Å². The number of hydrogen-bond acceptors (Lipinski definition) is 4. The summed E-state index contributed by atoms with van der Waals surface area (Å²) in [5.41, 5.74) is 11.6. The number of amides is 1. The van der Waals surface area contributed by atoms with Crippen LogP contribution >= 0.6 is 0 Å². The van der Waals surface area contributed by atoms with Crippen molar-refractivity contribution < 1.29 is 9.18 Å². The van der Waals surface area contributed by atoms with Crippen molar-refractivity contribution >= 4 is 18.0 Å². The summed E-state index contributed by atoms with van der Waals surface area (Å²) < 4.78 is 12.9. The molecular weight excluding hydrogens is 309 g/mol. The summed E-state index contributed by atoms with van der Waals surface area (Å²) in [6.45, 7) is 10.8. The SMILES string of the molecule is C=C(/N=C\C=C/N)/N=C(/N)C(C)N(CC)C(=O)/C(C)=C/CC(C)F. The number of halogens is 1. The summed E-state index contributed by atoms with van der Waals surface area (Å²) in [4.78, 5) is 22.1. The zero-order valence-corrected chi connectivity index (χ0v) is 14.9. The van der Waals surface area contributed by atoms with E-state index in [4.69, 9.17) is 11.5 Å². The fourth-order valence-corrected chi connectivity index (χ4v) is 1.86. The van der Waals surface area contributed by atoms with Gasteiger partial charge in [-0.05, 0) is 46.4 Å². The second kappa shape index (κ2) is 11.2. The summed E-state index contributed by atoms with van der Waals surface area (Å²) in [7, 11) is 0. The summed E-state index contributed by atoms with van der Waals surface area (Å²) in [5, 5.41) is 0. The highest BCUT2D eigenvalue weighted by atomic mass is 19.1. The molecule has 0 bridgehead atoms. The smallest absolute Gasteiger partial charge is 0.249 e. The molecule has 24 heavy (non-hydrogen) atoms. The lowest BCUT2D eigenvalue weighted by Crippen LogP contribution is -2.46. The summed E-state index contributed by atoms with van der Waals surface area (Å²) in [5.74, 6) is 0.221. The van der Waals surface area contributed by atoms with Gasteiger partial charge in [-0.3, -0.25) is 4.79 Å². The Morgan fingerprint density at radius 3 is 2.54 bits per heavy atom. The monoisotopic (exact) mass is 337 g/mol. The Morgan fingerprint density at radius 2 is 2.04 bits per heavy atom. The molecule has 0 fully saturated rings. The van der Waals surface area contributed by atoms with Crippen LogP contribution in [0.25, 0.3) is 0 Å². The molecule has 0 rings (SSSR count). The van der Waals surface area contributed by atoms with Crippen molar-refractivity contribution in [1.29, 1.82) is 0 Å². The van der Waals surface area contributed by atoms with Gasteiger partial charge in [0.15, 0.2) is 0 Å². The number of carbonyl (C=O) groups is 1. The number of allylic oxidation sites excluding steroid dienone is 2. The number of hydrogen-bond donors (Lipinski definition) is 2. The van der Waals surface area contributed by atoms with Crippen molar-refractivity contribution in [2.75, 3.05) is 6.54 Å². The number of aliphatic imine (C=N–C) groups is 2. The number of nitrogens with zero attached hydrogens (tertiary/aromatic N) is 3. The third kappa shape index (κ3) is 7.71. The van der Waals surface area contributed by atoms with Gasteiger partial charge in [0.05, 0.1) is 6.04 Å². The van der Waals surface area contributed by atoms with Crippen molar-refractivity contribution in [2.24, 2.45) is 21.5 Å². The second-order valence-corrected chi connectivity index (χ2v) is 5.29. The number of carbonyl (C=O) groups excluding carboxylic acids is 1. The van der Waals surface area contributed by atoms with E-state index < -0.39 is 12.2 Å². The molecule has 134 valence electrons. The highest BCUT2D eigenvalue weighted by Crippen LogP contribution is 2.10. The van der Waals surface area contributed by atoms with E-state index in [-0.39, 0.29) is 24.0 Å². The number of alkyl halides is 1. The van der Waals surface area contributed by atoms with Gasteiger partial charge in [-0.25, -0.2) is 14.4 Å². The molecule has 2 unspecified atom stereocenters. The third-order valence-electron chi connectivity index (χ3n) is 3.26. The van der Waals surface area contributed by atoms with Gasteiger partial charge in [0.2, 0.25) is 5.91 Å². The molecule has 0 saturated carbocycles. The first-order valence-corrected chi connectivity index (χ1v) is 7.80. The molecule has 0 saturated heterocycles. The van der Waals surface area contributed by atoms with Gasteiger partial charge in [-0.15, -0.1) is 0 Å². The van der Waals surface area contributed by atoms with E-state index in [9.17, 15) is 9.18 Å². The van der Waals surface area contributed by atoms with Gasteiger partial charge in [-0.1, -0.05) is 12.7 Å². The normalized spacial score (nSPS) is 15.7. The third-order valence-corrected chi connectivity index (χ3v) is 3.26. The molecule has 0 aromatic heterocycles. The maximum absolute atomic E-state index is 12.9. The van der Waals surface area contributed by atoms with Crippen molar-refractivity contribution in [3.05, 3.63) is 36.3 Å². The summed E-state index contributed by atoms with van der Waals surface area (Å²) in [6, 6.07) is -0.439. The fraction of sp³-hybridized carbons (Fsp3) is 0.471. The maximum atomic E-state index is 12.9. The average molecular weight is 337 g/mol. The molecule has 0 aromatic carbocycles. The number of nitrogens with two attached hydrogens (primary N) is 2. The highest BCUT2D eigenvalue weighted by molar-refractivity contribution is 5.97. The van der Waals surface area contributed by atoms with Crippen LogP contribution in [-0.2, 0) is 4.79 Å². The van der Waals surface area contributed by atoms with Crippen molar-refractivity contribution in [1.82, 2.24) is 4.90 Å². The Bertz CT molecular complexity index is 549. The van der Waals surface area contributed by atoms with E-state index in [1.807, 2.05) is 6.92 Å². The van der Waals surface area contributed by atoms with Gasteiger partial charge >= 0.3 is 0 Å². The number of amidine groups is 1. The van der Waals surface area contributed by atoms with E-state index in [0.717, 1.165) is 0 Å². The summed E-state index contributed by atoms with van der Waals surface area (Å²) >= 11 is 0. The van der Waals surface area contributed by atoms with E-state index in [0.29, 0.717) is 12.1 Å². The van der Waals surface area contributed by atoms with E-state index >= 15 is 0 Å². The van der Waals surface area contributed by atoms with Crippen LogP contribution in [0.3, 0.4) is 0 Å². The zero-order valence-electron chi connectivity index (χ0n) is 14.9. The Kier molecular flexibility index (Phi) is 10.0. The Hall–Kier alpha value is -2.44. The molecule has 2 atom stereocenters. The lowest BCUT2D eigenvalue weighted by atomic mass is 10.1. The van der Waals surface area contributed by atoms with Crippen LogP contribution in [0.15, 0.2) is 46.3 Å². The lowest BCUT2D eigenvalue weighted by Gasteiger charge is -2.28. The highest BCUT2D eigenvalue weighted by Gasteiger charge is 2.22. The number of likely N-dealkylation sites (N-methyl/N-ethyl adjacent to an activating group) is 1. The minimum Gasteiger partial charge on any atom is -0.405 e. The van der Waals surface area contributed by atoms with Crippen molar-refractivity contribution in [3.8, 4) is 0 Å².